The second-order valence-electron chi connectivity index (χ2n) is 4.96. The van der Waals surface area contributed by atoms with Gasteiger partial charge in [0.15, 0.2) is 0 Å². The zero-order valence-corrected chi connectivity index (χ0v) is 12.4. The van der Waals surface area contributed by atoms with Crippen molar-refractivity contribution in [2.45, 2.75) is 6.42 Å². The number of thiophene rings is 1. The fourth-order valence-corrected chi connectivity index (χ4v) is 3.71. The molecule has 0 saturated heterocycles. The number of fused-ring (bicyclic) bond motifs is 3. The maximum Gasteiger partial charge on any atom is 0.146 e. The van der Waals surface area contributed by atoms with Crippen molar-refractivity contribution >= 4 is 11.3 Å². The maximum absolute atomic E-state index is 8.84. The Morgan fingerprint density at radius 3 is 3.00 bits per heavy atom. The van der Waals surface area contributed by atoms with Crippen LogP contribution in [0.5, 0.6) is 5.75 Å². The van der Waals surface area contributed by atoms with Crippen molar-refractivity contribution in [1.29, 1.82) is 5.26 Å². The van der Waals surface area contributed by atoms with Gasteiger partial charge >= 0.3 is 0 Å². The Balaban J connectivity index is 1.82. The van der Waals surface area contributed by atoms with Gasteiger partial charge < -0.3 is 4.74 Å². The first-order chi connectivity index (χ1) is 10.8. The second kappa shape index (κ2) is 5.24. The van der Waals surface area contributed by atoms with Gasteiger partial charge in [0.25, 0.3) is 0 Å². The van der Waals surface area contributed by atoms with E-state index in [0.29, 0.717) is 12.3 Å². The SMILES string of the molecule is N#Cc1ccc(-c2cc3c(s2)-c2ncccc2OCC3)cn1. The first kappa shape index (κ1) is 13.0. The molecule has 3 aromatic heterocycles. The van der Waals surface area contributed by atoms with Gasteiger partial charge in [-0.05, 0) is 35.9 Å². The van der Waals surface area contributed by atoms with Crippen LogP contribution < -0.4 is 4.74 Å². The summed E-state index contributed by atoms with van der Waals surface area (Å²) in [6.07, 6.45) is 4.41. The van der Waals surface area contributed by atoms with Crippen LogP contribution in [-0.2, 0) is 6.42 Å². The molecule has 1 aliphatic rings. The average Bonchev–Trinajstić information content (AvgIpc) is 2.92. The van der Waals surface area contributed by atoms with Crippen molar-refractivity contribution in [1.82, 2.24) is 9.97 Å². The average molecular weight is 305 g/mol. The Morgan fingerprint density at radius 1 is 1.23 bits per heavy atom. The molecule has 0 saturated carbocycles. The fraction of sp³-hybridized carbons (Fsp3) is 0.118. The summed E-state index contributed by atoms with van der Waals surface area (Å²) in [6, 6.07) is 11.8. The second-order valence-corrected chi connectivity index (χ2v) is 6.01. The number of nitriles is 1. The van der Waals surface area contributed by atoms with Crippen LogP contribution >= 0.6 is 11.3 Å². The number of pyridine rings is 2. The lowest BCUT2D eigenvalue weighted by Gasteiger charge is -2.04. The molecule has 106 valence electrons. The van der Waals surface area contributed by atoms with Gasteiger partial charge in [-0.15, -0.1) is 11.3 Å². The van der Waals surface area contributed by atoms with E-state index in [1.807, 2.05) is 24.3 Å². The summed E-state index contributed by atoms with van der Waals surface area (Å²) in [7, 11) is 0. The van der Waals surface area contributed by atoms with E-state index in [1.54, 1.807) is 29.8 Å². The molecular formula is C17H11N3OS. The molecule has 0 amide bonds. The van der Waals surface area contributed by atoms with Gasteiger partial charge in [-0.1, -0.05) is 0 Å². The Bertz CT molecular complexity index is 878. The summed E-state index contributed by atoms with van der Waals surface area (Å²) in [5, 5.41) is 8.84. The minimum absolute atomic E-state index is 0.433. The smallest absolute Gasteiger partial charge is 0.146 e. The Hall–Kier alpha value is -2.71. The third-order valence-electron chi connectivity index (χ3n) is 3.59. The number of rotatable bonds is 1. The summed E-state index contributed by atoms with van der Waals surface area (Å²) in [6.45, 7) is 0.660. The lowest BCUT2D eigenvalue weighted by Crippen LogP contribution is -1.98. The van der Waals surface area contributed by atoms with Crippen molar-refractivity contribution in [3.05, 3.63) is 54.0 Å². The van der Waals surface area contributed by atoms with Gasteiger partial charge in [0.2, 0.25) is 0 Å². The Morgan fingerprint density at radius 2 is 2.18 bits per heavy atom. The van der Waals surface area contributed by atoms with Crippen LogP contribution in [0, 0.1) is 11.3 Å². The van der Waals surface area contributed by atoms with Gasteiger partial charge in [0, 0.05) is 29.3 Å². The zero-order chi connectivity index (χ0) is 14.9. The largest absolute Gasteiger partial charge is 0.491 e. The van der Waals surface area contributed by atoms with E-state index in [9.17, 15) is 0 Å². The highest BCUT2D eigenvalue weighted by molar-refractivity contribution is 7.19. The van der Waals surface area contributed by atoms with Crippen LogP contribution in [0.25, 0.3) is 21.0 Å². The van der Waals surface area contributed by atoms with Gasteiger partial charge in [0.1, 0.15) is 23.2 Å². The van der Waals surface area contributed by atoms with Crippen LogP contribution in [0.15, 0.2) is 42.7 Å². The van der Waals surface area contributed by atoms with E-state index < -0.39 is 0 Å². The molecule has 0 fully saturated rings. The summed E-state index contributed by atoms with van der Waals surface area (Å²) < 4.78 is 5.76. The number of nitrogens with zero attached hydrogens (tertiary/aromatic N) is 3. The molecule has 22 heavy (non-hydrogen) atoms. The lowest BCUT2D eigenvalue weighted by atomic mass is 10.1. The van der Waals surface area contributed by atoms with E-state index in [2.05, 4.69) is 16.0 Å². The van der Waals surface area contributed by atoms with Crippen LogP contribution in [0.4, 0.5) is 0 Å². The van der Waals surface area contributed by atoms with Crippen LogP contribution in [0.1, 0.15) is 11.3 Å². The predicted molar refractivity (Wildman–Crippen MR) is 84.7 cm³/mol. The van der Waals surface area contributed by atoms with Gasteiger partial charge in [-0.2, -0.15) is 5.26 Å². The molecule has 0 bridgehead atoms. The van der Waals surface area contributed by atoms with Crippen LogP contribution in [0.3, 0.4) is 0 Å². The molecule has 0 atom stereocenters. The molecule has 4 heterocycles. The number of hydrogen-bond donors (Lipinski definition) is 0. The number of aromatic nitrogens is 2. The molecular weight excluding hydrogens is 294 g/mol. The first-order valence-electron chi connectivity index (χ1n) is 6.92. The summed E-state index contributed by atoms with van der Waals surface area (Å²) >= 11 is 1.69. The monoisotopic (exact) mass is 305 g/mol. The number of ether oxygens (including phenoxy) is 1. The van der Waals surface area contributed by atoms with Crippen molar-refractivity contribution in [2.75, 3.05) is 6.61 Å². The van der Waals surface area contributed by atoms with Crippen molar-refractivity contribution in [3.63, 3.8) is 0 Å². The quantitative estimate of drug-likeness (QED) is 0.688. The van der Waals surface area contributed by atoms with Gasteiger partial charge in [-0.25, -0.2) is 4.98 Å². The van der Waals surface area contributed by atoms with Crippen LogP contribution in [-0.4, -0.2) is 16.6 Å². The molecule has 5 heteroatoms. The van der Waals surface area contributed by atoms with E-state index >= 15 is 0 Å². The molecule has 0 aliphatic carbocycles. The summed E-state index contributed by atoms with van der Waals surface area (Å²) in [5.41, 5.74) is 3.62. The zero-order valence-electron chi connectivity index (χ0n) is 11.6. The molecule has 0 unspecified atom stereocenters. The standard InChI is InChI=1S/C17H11N3OS/c18-9-13-4-3-12(10-20-13)15-8-11-5-7-21-14-2-1-6-19-16(14)17(11)22-15/h1-4,6,8,10H,5,7H2. The lowest BCUT2D eigenvalue weighted by molar-refractivity contribution is 0.325. The van der Waals surface area contributed by atoms with E-state index in [1.165, 1.54) is 5.56 Å². The summed E-state index contributed by atoms with van der Waals surface area (Å²) in [4.78, 5) is 10.9. The third kappa shape index (κ3) is 2.14. The highest BCUT2D eigenvalue weighted by Gasteiger charge is 2.20. The molecule has 0 N–H and O–H groups in total. The molecule has 1 aliphatic heterocycles. The van der Waals surface area contributed by atoms with Crippen molar-refractivity contribution < 1.29 is 4.74 Å². The summed E-state index contributed by atoms with van der Waals surface area (Å²) in [5.74, 6) is 0.840. The van der Waals surface area contributed by atoms with Crippen molar-refractivity contribution in [2.24, 2.45) is 0 Å². The normalized spacial score (nSPS) is 12.5. The molecule has 4 nitrogen and oxygen atoms in total. The van der Waals surface area contributed by atoms with Crippen LogP contribution in [0.2, 0.25) is 0 Å². The van der Waals surface area contributed by atoms with E-state index in [-0.39, 0.29) is 0 Å². The predicted octanol–water partition coefficient (Wildman–Crippen LogP) is 3.68. The van der Waals surface area contributed by atoms with E-state index in [0.717, 1.165) is 33.2 Å². The fourth-order valence-electron chi connectivity index (χ4n) is 2.51. The first-order valence-corrected chi connectivity index (χ1v) is 7.74. The minimum Gasteiger partial charge on any atom is -0.491 e. The number of hydrogen-bond acceptors (Lipinski definition) is 5. The third-order valence-corrected chi connectivity index (χ3v) is 4.82. The van der Waals surface area contributed by atoms with E-state index in [4.69, 9.17) is 10.00 Å². The maximum atomic E-state index is 8.84. The molecule has 0 spiro atoms. The highest BCUT2D eigenvalue weighted by atomic mass is 32.1. The topological polar surface area (TPSA) is 58.8 Å². The van der Waals surface area contributed by atoms with Gasteiger partial charge in [0.05, 0.1) is 11.5 Å². The minimum atomic E-state index is 0.433. The Labute approximate surface area is 131 Å². The molecule has 0 radical (unpaired) electrons. The molecule has 0 aromatic carbocycles. The Kier molecular flexibility index (Phi) is 3.10. The van der Waals surface area contributed by atoms with Crippen molar-refractivity contribution in [3.8, 4) is 32.8 Å². The highest BCUT2D eigenvalue weighted by Crippen LogP contribution is 2.42. The molecule has 4 rings (SSSR count). The molecule has 3 aromatic rings. The van der Waals surface area contributed by atoms with Gasteiger partial charge in [-0.3, -0.25) is 4.98 Å².